The van der Waals surface area contributed by atoms with Gasteiger partial charge < -0.3 is 13.9 Å². The molecule has 0 amide bonds. The van der Waals surface area contributed by atoms with Crippen LogP contribution in [0.3, 0.4) is 0 Å². The van der Waals surface area contributed by atoms with Crippen molar-refractivity contribution in [3.05, 3.63) is 23.8 Å². The fourth-order valence-electron chi connectivity index (χ4n) is 1.55. The van der Waals surface area contributed by atoms with Crippen LogP contribution in [0.15, 0.2) is 23.2 Å². The minimum absolute atomic E-state index is 0.210. The zero-order chi connectivity index (χ0) is 14.8. The summed E-state index contributed by atoms with van der Waals surface area (Å²) in [5.74, 6) is 1.57. The van der Waals surface area contributed by atoms with E-state index in [0.29, 0.717) is 13.5 Å². The number of hydrogen-bond donors (Lipinski definition) is 0. The van der Waals surface area contributed by atoms with Crippen molar-refractivity contribution in [1.29, 1.82) is 0 Å². The summed E-state index contributed by atoms with van der Waals surface area (Å²) in [5.41, 5.74) is 0.994. The van der Waals surface area contributed by atoms with Gasteiger partial charge in [0.25, 0.3) is 0 Å². The number of ether oxygens (including phenoxy) is 2. The summed E-state index contributed by atoms with van der Waals surface area (Å²) < 4.78 is 16.6. The first-order valence-corrected chi connectivity index (χ1v) is 9.74. The van der Waals surface area contributed by atoms with Gasteiger partial charge in [0, 0.05) is 6.21 Å². The van der Waals surface area contributed by atoms with E-state index in [9.17, 15) is 0 Å². The molecule has 0 aliphatic carbocycles. The fourth-order valence-corrected chi connectivity index (χ4v) is 2.38. The van der Waals surface area contributed by atoms with Crippen LogP contribution in [0.5, 0.6) is 11.5 Å². The third-order valence-electron chi connectivity index (χ3n) is 3.94. The van der Waals surface area contributed by atoms with E-state index >= 15 is 0 Å². The molecule has 20 heavy (non-hydrogen) atoms. The standard InChI is InChI=1S/C15H23NO3Si/c1-15(2,3)20(4,5)19-10-16-9-12-6-7-13-14(8-12)18-11-17-13/h6-9H,10-11H2,1-5H3. The topological polar surface area (TPSA) is 40.0 Å². The molecule has 0 spiro atoms. The number of nitrogens with zero attached hydrogens (tertiary/aromatic N) is 1. The molecule has 1 aromatic rings. The molecule has 1 aliphatic rings. The third-order valence-corrected chi connectivity index (χ3v) is 8.41. The quantitative estimate of drug-likeness (QED) is 0.626. The van der Waals surface area contributed by atoms with Gasteiger partial charge in [0.05, 0.1) is 0 Å². The van der Waals surface area contributed by atoms with Gasteiger partial charge in [0.15, 0.2) is 19.8 Å². The maximum absolute atomic E-state index is 5.99. The van der Waals surface area contributed by atoms with Gasteiger partial charge in [-0.05, 0) is 41.9 Å². The molecule has 0 N–H and O–H groups in total. The van der Waals surface area contributed by atoms with Crippen molar-refractivity contribution in [1.82, 2.24) is 0 Å². The molecule has 0 radical (unpaired) electrons. The van der Waals surface area contributed by atoms with Crippen molar-refractivity contribution in [3.8, 4) is 11.5 Å². The van der Waals surface area contributed by atoms with E-state index in [0.717, 1.165) is 17.1 Å². The Bertz CT molecular complexity index is 506. The number of rotatable bonds is 4. The molecular weight excluding hydrogens is 270 g/mol. The normalized spacial score (nSPS) is 15.1. The molecular formula is C15H23NO3Si. The summed E-state index contributed by atoms with van der Waals surface area (Å²) in [6, 6.07) is 5.79. The molecule has 0 atom stereocenters. The summed E-state index contributed by atoms with van der Waals surface area (Å²) >= 11 is 0. The molecule has 0 unspecified atom stereocenters. The fraction of sp³-hybridized carbons (Fsp3) is 0.533. The SMILES string of the molecule is CC(C)(C)[Si](C)(C)OCN=Cc1ccc2c(c1)OCO2. The molecule has 1 aliphatic heterocycles. The van der Waals surface area contributed by atoms with Gasteiger partial charge in [0.1, 0.15) is 6.73 Å². The van der Waals surface area contributed by atoms with Gasteiger partial charge in [-0.15, -0.1) is 0 Å². The molecule has 4 nitrogen and oxygen atoms in total. The molecule has 0 saturated carbocycles. The van der Waals surface area contributed by atoms with E-state index in [1.807, 2.05) is 24.4 Å². The second kappa shape index (κ2) is 5.58. The summed E-state index contributed by atoms with van der Waals surface area (Å²) in [7, 11) is -1.72. The lowest BCUT2D eigenvalue weighted by Crippen LogP contribution is -2.40. The van der Waals surface area contributed by atoms with Crippen LogP contribution in [0.2, 0.25) is 18.1 Å². The molecule has 5 heteroatoms. The average molecular weight is 293 g/mol. The van der Waals surface area contributed by atoms with E-state index in [2.05, 4.69) is 38.9 Å². The van der Waals surface area contributed by atoms with Crippen molar-refractivity contribution in [2.24, 2.45) is 4.99 Å². The highest BCUT2D eigenvalue weighted by molar-refractivity contribution is 6.74. The molecule has 1 aromatic carbocycles. The molecule has 0 saturated heterocycles. The second-order valence-electron chi connectivity index (χ2n) is 6.46. The zero-order valence-corrected chi connectivity index (χ0v) is 13.9. The lowest BCUT2D eigenvalue weighted by Gasteiger charge is -2.35. The van der Waals surface area contributed by atoms with Crippen LogP contribution in [-0.2, 0) is 4.43 Å². The van der Waals surface area contributed by atoms with Crippen LogP contribution < -0.4 is 9.47 Å². The van der Waals surface area contributed by atoms with E-state index in [4.69, 9.17) is 13.9 Å². The summed E-state index contributed by atoms with van der Waals surface area (Å²) in [4.78, 5) is 4.36. The molecule has 0 aromatic heterocycles. The number of aliphatic imine (C=N–C) groups is 1. The Morgan fingerprint density at radius 1 is 1.25 bits per heavy atom. The molecule has 110 valence electrons. The Morgan fingerprint density at radius 3 is 2.65 bits per heavy atom. The minimum atomic E-state index is -1.72. The highest BCUT2D eigenvalue weighted by Crippen LogP contribution is 2.36. The Kier molecular flexibility index (Phi) is 4.20. The second-order valence-corrected chi connectivity index (χ2v) is 11.3. The molecule has 0 bridgehead atoms. The van der Waals surface area contributed by atoms with Gasteiger partial charge in [0.2, 0.25) is 6.79 Å². The van der Waals surface area contributed by atoms with Crippen molar-refractivity contribution in [2.45, 2.75) is 38.9 Å². The number of fused-ring (bicyclic) bond motifs is 1. The summed E-state index contributed by atoms with van der Waals surface area (Å²) in [6.07, 6.45) is 1.81. The highest BCUT2D eigenvalue weighted by Gasteiger charge is 2.36. The Labute approximate surface area is 121 Å². The first kappa shape index (κ1) is 15.1. The van der Waals surface area contributed by atoms with Gasteiger partial charge >= 0.3 is 0 Å². The van der Waals surface area contributed by atoms with Gasteiger partial charge in [-0.3, -0.25) is 4.99 Å². The first-order valence-electron chi connectivity index (χ1n) is 6.83. The van der Waals surface area contributed by atoms with Crippen molar-refractivity contribution in [3.63, 3.8) is 0 Å². The van der Waals surface area contributed by atoms with E-state index in [1.165, 1.54) is 0 Å². The lowest BCUT2D eigenvalue weighted by atomic mass is 10.2. The van der Waals surface area contributed by atoms with Gasteiger partial charge in [-0.1, -0.05) is 20.8 Å². The minimum Gasteiger partial charge on any atom is -0.454 e. The zero-order valence-electron chi connectivity index (χ0n) is 12.9. The Hall–Kier alpha value is -1.33. The Morgan fingerprint density at radius 2 is 1.95 bits per heavy atom. The van der Waals surface area contributed by atoms with Gasteiger partial charge in [-0.2, -0.15) is 0 Å². The lowest BCUT2D eigenvalue weighted by molar-refractivity contribution is 0.174. The highest BCUT2D eigenvalue weighted by atomic mass is 28.4. The summed E-state index contributed by atoms with van der Waals surface area (Å²) in [5, 5.41) is 0.210. The predicted octanol–water partition coefficient (Wildman–Crippen LogP) is 3.81. The molecule has 1 heterocycles. The smallest absolute Gasteiger partial charge is 0.231 e. The average Bonchev–Trinajstić information content (AvgIpc) is 2.80. The van der Waals surface area contributed by atoms with Crippen molar-refractivity contribution >= 4 is 14.5 Å². The van der Waals surface area contributed by atoms with E-state index in [-0.39, 0.29) is 5.04 Å². The van der Waals surface area contributed by atoms with E-state index in [1.54, 1.807) is 0 Å². The third kappa shape index (κ3) is 3.40. The van der Waals surface area contributed by atoms with Crippen LogP contribution in [0.25, 0.3) is 0 Å². The molecule has 0 fully saturated rings. The maximum atomic E-state index is 5.99. The predicted molar refractivity (Wildman–Crippen MR) is 83.3 cm³/mol. The van der Waals surface area contributed by atoms with Crippen molar-refractivity contribution < 1.29 is 13.9 Å². The monoisotopic (exact) mass is 293 g/mol. The maximum Gasteiger partial charge on any atom is 0.231 e. The van der Waals surface area contributed by atoms with Crippen LogP contribution in [0, 0.1) is 0 Å². The van der Waals surface area contributed by atoms with Crippen LogP contribution in [0.4, 0.5) is 0 Å². The Balaban J connectivity index is 1.91. The van der Waals surface area contributed by atoms with Gasteiger partial charge in [-0.25, -0.2) is 0 Å². The van der Waals surface area contributed by atoms with Crippen LogP contribution >= 0.6 is 0 Å². The number of hydrogen-bond acceptors (Lipinski definition) is 4. The van der Waals surface area contributed by atoms with Crippen molar-refractivity contribution in [2.75, 3.05) is 13.5 Å². The first-order chi connectivity index (χ1) is 9.29. The molecule has 2 rings (SSSR count). The number of benzene rings is 1. The van der Waals surface area contributed by atoms with Crippen LogP contribution in [-0.4, -0.2) is 28.1 Å². The largest absolute Gasteiger partial charge is 0.454 e. The summed E-state index contributed by atoms with van der Waals surface area (Å²) in [6.45, 7) is 11.8. The van der Waals surface area contributed by atoms with E-state index < -0.39 is 8.32 Å². The van der Waals surface area contributed by atoms with Crippen LogP contribution in [0.1, 0.15) is 26.3 Å².